The van der Waals surface area contributed by atoms with Crippen molar-refractivity contribution in [3.05, 3.63) is 40.8 Å². The van der Waals surface area contributed by atoms with Crippen LogP contribution in [0, 0.1) is 4.91 Å². The van der Waals surface area contributed by atoms with Gasteiger partial charge < -0.3 is 0 Å². The summed E-state index contributed by atoms with van der Waals surface area (Å²) in [4.78, 5) is 22.4. The summed E-state index contributed by atoms with van der Waals surface area (Å²) < 4.78 is 0. The Bertz CT molecular complexity index is 416. The number of nitrogens with zero attached hydrogens (tertiary/aromatic N) is 2. The summed E-state index contributed by atoms with van der Waals surface area (Å²) in [7, 11) is 0. The first kappa shape index (κ1) is 10.6. The Hall–Kier alpha value is -1.91. The molecule has 1 N–H and O–H groups in total. The molecule has 1 aliphatic heterocycles. The zero-order valence-corrected chi connectivity index (χ0v) is 9.18. The Morgan fingerprint density at radius 3 is 2.44 bits per heavy atom. The zero-order valence-electron chi connectivity index (χ0n) is 9.18. The monoisotopic (exact) mass is 219 g/mol. The number of hydrogen-bond acceptors (Lipinski definition) is 3. The molecule has 1 aromatic rings. The van der Waals surface area contributed by atoms with Crippen LogP contribution in [0.1, 0.15) is 25.3 Å². The molecule has 0 spiro atoms. The standard InChI is InChI=1S/C11H13N3O2/c1-11(2)9(8-6-4-3-5-7-8)10(15)12-14(11)13-16/h3-7,9H,1-2H3,(H,12,15). The molecule has 0 radical (unpaired) electrons. The van der Waals surface area contributed by atoms with E-state index in [9.17, 15) is 9.70 Å². The Kier molecular flexibility index (Phi) is 2.38. The van der Waals surface area contributed by atoms with Gasteiger partial charge in [0, 0.05) is 0 Å². The van der Waals surface area contributed by atoms with E-state index in [2.05, 4.69) is 10.7 Å². The average molecular weight is 219 g/mol. The van der Waals surface area contributed by atoms with Crippen molar-refractivity contribution in [2.24, 2.45) is 5.29 Å². The summed E-state index contributed by atoms with van der Waals surface area (Å²) in [6.45, 7) is 3.62. The Balaban J connectivity index is 2.42. The Morgan fingerprint density at radius 2 is 1.94 bits per heavy atom. The number of nitroso groups, excluding NO2 is 1. The first-order valence-electron chi connectivity index (χ1n) is 5.06. The largest absolute Gasteiger partial charge is 0.272 e. The molecular formula is C11H13N3O2. The third-order valence-corrected chi connectivity index (χ3v) is 2.95. The number of carbonyl (C=O) groups excluding carboxylic acids is 1. The molecule has 1 amide bonds. The van der Waals surface area contributed by atoms with Crippen molar-refractivity contribution in [1.29, 1.82) is 0 Å². The topological polar surface area (TPSA) is 61.8 Å². The molecule has 1 heterocycles. The highest BCUT2D eigenvalue weighted by Gasteiger charge is 2.49. The fourth-order valence-electron chi connectivity index (χ4n) is 2.09. The summed E-state index contributed by atoms with van der Waals surface area (Å²) in [5.74, 6) is -0.581. The molecule has 0 saturated carbocycles. The molecular weight excluding hydrogens is 206 g/mol. The number of carbonyl (C=O) groups is 1. The van der Waals surface area contributed by atoms with E-state index in [1.165, 1.54) is 0 Å². The number of amides is 1. The lowest BCUT2D eigenvalue weighted by Gasteiger charge is -2.28. The van der Waals surface area contributed by atoms with Gasteiger partial charge in [0.2, 0.25) is 5.91 Å². The van der Waals surface area contributed by atoms with E-state index in [1.807, 2.05) is 44.2 Å². The van der Waals surface area contributed by atoms with Crippen LogP contribution in [0.3, 0.4) is 0 Å². The van der Waals surface area contributed by atoms with Gasteiger partial charge in [0.15, 0.2) is 0 Å². The van der Waals surface area contributed by atoms with Gasteiger partial charge in [-0.1, -0.05) is 30.3 Å². The van der Waals surface area contributed by atoms with Crippen LogP contribution in [0.4, 0.5) is 0 Å². The van der Waals surface area contributed by atoms with Crippen LogP contribution in [0.15, 0.2) is 35.6 Å². The summed E-state index contributed by atoms with van der Waals surface area (Å²) in [5, 5.41) is 3.89. The first-order valence-corrected chi connectivity index (χ1v) is 5.06. The van der Waals surface area contributed by atoms with Gasteiger partial charge in [-0.3, -0.25) is 4.79 Å². The molecule has 5 heteroatoms. The molecule has 5 nitrogen and oxygen atoms in total. The van der Waals surface area contributed by atoms with E-state index in [0.29, 0.717) is 0 Å². The van der Waals surface area contributed by atoms with Gasteiger partial charge in [-0.15, -0.1) is 4.91 Å². The van der Waals surface area contributed by atoms with Crippen LogP contribution in [0.5, 0.6) is 0 Å². The van der Waals surface area contributed by atoms with E-state index in [-0.39, 0.29) is 11.8 Å². The predicted octanol–water partition coefficient (Wildman–Crippen LogP) is 1.58. The first-order chi connectivity index (χ1) is 7.57. The number of hydrogen-bond donors (Lipinski definition) is 1. The highest BCUT2D eigenvalue weighted by Crippen LogP contribution is 2.37. The second-order valence-electron chi connectivity index (χ2n) is 4.37. The van der Waals surface area contributed by atoms with E-state index in [4.69, 9.17) is 0 Å². The molecule has 1 saturated heterocycles. The normalized spacial score (nSPS) is 23.0. The van der Waals surface area contributed by atoms with Crippen molar-refractivity contribution in [1.82, 2.24) is 10.5 Å². The van der Waals surface area contributed by atoms with E-state index < -0.39 is 5.54 Å². The van der Waals surface area contributed by atoms with E-state index in [0.717, 1.165) is 10.7 Å². The van der Waals surface area contributed by atoms with Gasteiger partial charge >= 0.3 is 0 Å². The maximum atomic E-state index is 11.8. The van der Waals surface area contributed by atoms with Crippen molar-refractivity contribution >= 4 is 5.91 Å². The third-order valence-electron chi connectivity index (χ3n) is 2.95. The smallest absolute Gasteiger partial charge is 0.249 e. The molecule has 1 aliphatic rings. The van der Waals surface area contributed by atoms with Crippen LogP contribution in [0.25, 0.3) is 0 Å². The minimum atomic E-state index is -0.653. The molecule has 1 fully saturated rings. The minimum Gasteiger partial charge on any atom is -0.272 e. The third kappa shape index (κ3) is 1.44. The number of rotatable bonds is 2. The number of hydrazine groups is 1. The minimum absolute atomic E-state index is 0.198. The fourth-order valence-corrected chi connectivity index (χ4v) is 2.09. The predicted molar refractivity (Wildman–Crippen MR) is 59.0 cm³/mol. The molecule has 1 unspecified atom stereocenters. The van der Waals surface area contributed by atoms with Gasteiger partial charge in [0.25, 0.3) is 0 Å². The number of benzene rings is 1. The highest BCUT2D eigenvalue weighted by atomic mass is 16.3. The van der Waals surface area contributed by atoms with Gasteiger partial charge in [-0.25, -0.2) is 5.43 Å². The maximum Gasteiger partial charge on any atom is 0.249 e. The van der Waals surface area contributed by atoms with Gasteiger partial charge in [0.1, 0.15) is 0 Å². The van der Waals surface area contributed by atoms with Crippen molar-refractivity contribution in [3.8, 4) is 0 Å². The molecule has 0 aromatic heterocycles. The summed E-state index contributed by atoms with van der Waals surface area (Å²) >= 11 is 0. The van der Waals surface area contributed by atoms with Crippen LogP contribution in [-0.2, 0) is 4.79 Å². The van der Waals surface area contributed by atoms with E-state index in [1.54, 1.807) is 0 Å². The van der Waals surface area contributed by atoms with E-state index >= 15 is 0 Å². The molecule has 2 rings (SSSR count). The molecule has 84 valence electrons. The molecule has 0 aliphatic carbocycles. The number of nitrogens with one attached hydrogen (secondary N) is 1. The lowest BCUT2D eigenvalue weighted by atomic mass is 9.83. The van der Waals surface area contributed by atoms with Crippen molar-refractivity contribution < 1.29 is 4.79 Å². The lowest BCUT2D eigenvalue weighted by Crippen LogP contribution is -2.41. The van der Waals surface area contributed by atoms with Crippen LogP contribution >= 0.6 is 0 Å². The molecule has 1 aromatic carbocycles. The Labute approximate surface area is 93.4 Å². The van der Waals surface area contributed by atoms with Crippen molar-refractivity contribution in [2.75, 3.05) is 0 Å². The quantitative estimate of drug-likeness (QED) is 0.768. The van der Waals surface area contributed by atoms with Gasteiger partial charge in [-0.2, -0.15) is 5.12 Å². The zero-order chi connectivity index (χ0) is 11.8. The summed E-state index contributed by atoms with van der Waals surface area (Å²) in [6, 6.07) is 9.38. The van der Waals surface area contributed by atoms with Gasteiger partial charge in [0.05, 0.1) is 16.7 Å². The lowest BCUT2D eigenvalue weighted by molar-refractivity contribution is -0.122. The van der Waals surface area contributed by atoms with Gasteiger partial charge in [-0.05, 0) is 19.4 Å². The van der Waals surface area contributed by atoms with Crippen molar-refractivity contribution in [2.45, 2.75) is 25.3 Å². The molecule has 1 atom stereocenters. The average Bonchev–Trinajstić information content (AvgIpc) is 2.49. The molecule has 0 bridgehead atoms. The maximum absolute atomic E-state index is 11.8. The summed E-state index contributed by atoms with van der Waals surface area (Å²) in [5.41, 5.74) is 2.69. The Morgan fingerprint density at radius 1 is 1.31 bits per heavy atom. The second kappa shape index (κ2) is 3.59. The summed E-state index contributed by atoms with van der Waals surface area (Å²) in [6.07, 6.45) is 0. The fraction of sp³-hybridized carbons (Fsp3) is 0.364. The SMILES string of the molecule is CC1(C)C(c2ccccc2)C(=O)NN1N=O. The second-order valence-corrected chi connectivity index (χ2v) is 4.37. The highest BCUT2D eigenvalue weighted by molar-refractivity contribution is 5.87. The van der Waals surface area contributed by atoms with Crippen LogP contribution < -0.4 is 5.43 Å². The molecule has 16 heavy (non-hydrogen) atoms. The van der Waals surface area contributed by atoms with Crippen LogP contribution in [-0.4, -0.2) is 16.6 Å². The van der Waals surface area contributed by atoms with Crippen molar-refractivity contribution in [3.63, 3.8) is 0 Å². The van der Waals surface area contributed by atoms with Crippen LogP contribution in [0.2, 0.25) is 0 Å².